The van der Waals surface area contributed by atoms with Crippen LogP contribution in [0.4, 0.5) is 0 Å². The maximum atomic E-state index is 14.8. The summed E-state index contributed by atoms with van der Waals surface area (Å²) in [7, 11) is 0. The number of ether oxygens (including phenoxy) is 4. The first-order valence-corrected chi connectivity index (χ1v) is 20.7. The molecule has 10 unspecified atom stereocenters. The van der Waals surface area contributed by atoms with Crippen LogP contribution in [0.1, 0.15) is 106 Å². The summed E-state index contributed by atoms with van der Waals surface area (Å²) in [5, 5.41) is 83.0. The second kappa shape index (κ2) is 14.3. The SMILES string of the molecule is CC1(C)[C@@H](OC2OC(C(=O)O)C(O)C(O)C2OC2OC(C(=O)O)C(O)C(O)C2O)CC[C@]2(C)[C@H]3C(=O)C=C4[C@@H]5C[C@@](C)(C(=O)O)CC[C@]5(C)CC[C@]4(C)[C@]3(C)CC[C@@H]12. The Morgan fingerprint density at radius 1 is 0.690 bits per heavy atom. The van der Waals surface area contributed by atoms with Crippen molar-refractivity contribution < 1.29 is 79.0 Å². The number of carbonyl (C=O) groups excluding carboxylic acids is 1. The maximum Gasteiger partial charge on any atom is 0.335 e. The van der Waals surface area contributed by atoms with Gasteiger partial charge in [0.15, 0.2) is 30.6 Å². The van der Waals surface area contributed by atoms with E-state index in [1.54, 1.807) is 0 Å². The Balaban J connectivity index is 1.17. The van der Waals surface area contributed by atoms with Crippen molar-refractivity contribution in [3.05, 3.63) is 11.6 Å². The number of carboxylic acid groups (broad SMARTS) is 3. The molecule has 0 aromatic carbocycles. The maximum absolute atomic E-state index is 14.8. The molecule has 2 saturated heterocycles. The smallest absolute Gasteiger partial charge is 0.335 e. The molecule has 19 atom stereocenters. The molecule has 4 saturated carbocycles. The highest BCUT2D eigenvalue weighted by Gasteiger charge is 2.71. The van der Waals surface area contributed by atoms with Crippen LogP contribution in [0.15, 0.2) is 11.6 Å². The number of ketones is 1. The van der Waals surface area contributed by atoms with Crippen LogP contribution >= 0.6 is 0 Å². The zero-order chi connectivity index (χ0) is 42.9. The first-order chi connectivity index (χ1) is 26.8. The Bertz CT molecular complexity index is 1730. The largest absolute Gasteiger partial charge is 0.481 e. The van der Waals surface area contributed by atoms with Crippen LogP contribution in [0, 0.1) is 50.2 Å². The average Bonchev–Trinajstić information content (AvgIpc) is 3.13. The van der Waals surface area contributed by atoms with Crippen molar-refractivity contribution in [3.63, 3.8) is 0 Å². The fourth-order valence-corrected chi connectivity index (χ4v) is 13.4. The highest BCUT2D eigenvalue weighted by Crippen LogP contribution is 2.75. The van der Waals surface area contributed by atoms with Gasteiger partial charge in [-0.3, -0.25) is 9.59 Å². The highest BCUT2D eigenvalue weighted by molar-refractivity contribution is 5.95. The van der Waals surface area contributed by atoms with Crippen LogP contribution < -0.4 is 0 Å². The predicted molar refractivity (Wildman–Crippen MR) is 199 cm³/mol. The lowest BCUT2D eigenvalue weighted by atomic mass is 9.33. The zero-order valence-corrected chi connectivity index (χ0v) is 34.4. The van der Waals surface area contributed by atoms with Gasteiger partial charge in [0, 0.05) is 5.92 Å². The van der Waals surface area contributed by atoms with Gasteiger partial charge in [0.05, 0.1) is 11.5 Å². The molecule has 2 aliphatic heterocycles. The Hall–Kier alpha value is -2.54. The molecular formula is C42H62O16. The summed E-state index contributed by atoms with van der Waals surface area (Å²) in [6.07, 6.45) is -12.2. The van der Waals surface area contributed by atoms with E-state index in [4.69, 9.17) is 18.9 Å². The zero-order valence-electron chi connectivity index (χ0n) is 34.4. The van der Waals surface area contributed by atoms with Gasteiger partial charge in [0.2, 0.25) is 0 Å². The Kier molecular flexibility index (Phi) is 10.7. The van der Waals surface area contributed by atoms with Crippen LogP contribution in [0.25, 0.3) is 0 Å². The van der Waals surface area contributed by atoms with E-state index in [0.29, 0.717) is 25.7 Å². The molecule has 2 heterocycles. The van der Waals surface area contributed by atoms with E-state index in [2.05, 4.69) is 27.7 Å². The minimum absolute atomic E-state index is 0.0217. The third-order valence-electron chi connectivity index (χ3n) is 17.2. The van der Waals surface area contributed by atoms with Crippen molar-refractivity contribution in [1.29, 1.82) is 0 Å². The lowest BCUT2D eigenvalue weighted by molar-refractivity contribution is -0.371. The summed E-state index contributed by atoms with van der Waals surface area (Å²) in [4.78, 5) is 51.3. The molecule has 0 amide bonds. The Morgan fingerprint density at radius 3 is 1.88 bits per heavy atom. The summed E-state index contributed by atoms with van der Waals surface area (Å²) in [5.74, 6) is -4.47. The van der Waals surface area contributed by atoms with E-state index in [1.807, 2.05) is 26.8 Å². The standard InChI is InChI=1S/C42H62O16/c1-37(2)21-8-11-42(7)31(20(43)16-18-19-17-39(4,36(53)54)13-12-38(19,3)14-15-41(18,42)6)40(21,5)10-9-22(37)55-35-30(26(47)25(46)29(57-35)33(51)52)58-34-27(48)23(44)24(45)28(56-34)32(49)50/h16,19,21-31,34-35,44-48H,8-15,17H2,1-7H3,(H,49,50)(H,51,52)(H,53,54)/t19-,21-,22-,23?,24?,25?,26?,27?,28?,29?,30?,31+,34?,35?,38+,39-,40-,41-,42+/m0/s1. The fourth-order valence-electron chi connectivity index (χ4n) is 13.4. The number of hydrogen-bond acceptors (Lipinski definition) is 13. The van der Waals surface area contributed by atoms with E-state index >= 15 is 0 Å². The van der Waals surface area contributed by atoms with Gasteiger partial charge in [-0.1, -0.05) is 47.1 Å². The number of aliphatic carboxylic acids is 3. The van der Waals surface area contributed by atoms with Crippen LogP contribution in [0.3, 0.4) is 0 Å². The van der Waals surface area contributed by atoms with Crippen molar-refractivity contribution in [3.8, 4) is 0 Å². The van der Waals surface area contributed by atoms with Gasteiger partial charge in [0.1, 0.15) is 36.6 Å². The molecule has 5 aliphatic carbocycles. The lowest BCUT2D eigenvalue weighted by Crippen LogP contribution is -2.68. The molecule has 58 heavy (non-hydrogen) atoms. The summed E-state index contributed by atoms with van der Waals surface area (Å²) in [6, 6.07) is 0. The molecule has 16 nitrogen and oxygen atoms in total. The molecular weight excluding hydrogens is 760 g/mol. The minimum atomic E-state index is -2.05. The van der Waals surface area contributed by atoms with Crippen molar-refractivity contribution in [2.45, 2.75) is 174 Å². The number of hydrogen-bond donors (Lipinski definition) is 8. The van der Waals surface area contributed by atoms with Crippen LogP contribution in [0.2, 0.25) is 0 Å². The van der Waals surface area contributed by atoms with E-state index in [-0.39, 0.29) is 34.4 Å². The van der Waals surface area contributed by atoms with Crippen molar-refractivity contribution >= 4 is 23.7 Å². The van der Waals surface area contributed by atoms with Crippen molar-refractivity contribution in [1.82, 2.24) is 0 Å². The molecule has 0 aromatic rings. The van der Waals surface area contributed by atoms with Gasteiger partial charge in [-0.2, -0.15) is 0 Å². The molecule has 16 heteroatoms. The number of aliphatic hydroxyl groups is 5. The predicted octanol–water partition coefficient (Wildman–Crippen LogP) is 2.25. The number of aliphatic hydroxyl groups excluding tert-OH is 5. The monoisotopic (exact) mass is 822 g/mol. The average molecular weight is 823 g/mol. The highest BCUT2D eigenvalue weighted by atomic mass is 16.8. The second-order valence-corrected chi connectivity index (χ2v) is 20.6. The number of rotatable bonds is 7. The van der Waals surface area contributed by atoms with Crippen LogP contribution in [-0.4, -0.2) is 132 Å². The number of carboxylic acids is 3. The molecule has 7 aliphatic rings. The first kappa shape index (κ1) is 43.5. The number of allylic oxidation sites excluding steroid dienone is 2. The molecule has 0 spiro atoms. The molecule has 0 bridgehead atoms. The Labute approximate surface area is 337 Å². The van der Waals surface area contributed by atoms with Gasteiger partial charge >= 0.3 is 17.9 Å². The van der Waals surface area contributed by atoms with Gasteiger partial charge in [0.25, 0.3) is 0 Å². The van der Waals surface area contributed by atoms with Crippen LogP contribution in [-0.2, 0) is 38.1 Å². The van der Waals surface area contributed by atoms with Gasteiger partial charge in [-0.15, -0.1) is 0 Å². The molecule has 6 fully saturated rings. The summed E-state index contributed by atoms with van der Waals surface area (Å²) < 4.78 is 23.4. The summed E-state index contributed by atoms with van der Waals surface area (Å²) in [5.41, 5.74) is -1.81. The lowest BCUT2D eigenvalue weighted by Gasteiger charge is -2.70. The summed E-state index contributed by atoms with van der Waals surface area (Å²) in [6.45, 7) is 14.8. The third kappa shape index (κ3) is 6.25. The van der Waals surface area contributed by atoms with Gasteiger partial charge < -0.3 is 59.8 Å². The Morgan fingerprint density at radius 2 is 1.28 bits per heavy atom. The second-order valence-electron chi connectivity index (χ2n) is 20.6. The third-order valence-corrected chi connectivity index (χ3v) is 17.2. The fraction of sp³-hybridized carbons (Fsp3) is 0.857. The minimum Gasteiger partial charge on any atom is -0.481 e. The molecule has 0 aromatic heterocycles. The van der Waals surface area contributed by atoms with Crippen LogP contribution in [0.5, 0.6) is 0 Å². The molecule has 0 radical (unpaired) electrons. The molecule has 7 rings (SSSR count). The topological polar surface area (TPSA) is 267 Å². The summed E-state index contributed by atoms with van der Waals surface area (Å²) >= 11 is 0. The number of fused-ring (bicyclic) bond motifs is 7. The quantitative estimate of drug-likeness (QED) is 0.171. The van der Waals surface area contributed by atoms with Gasteiger partial charge in [-0.05, 0) is 110 Å². The number of carbonyl (C=O) groups is 4. The van der Waals surface area contributed by atoms with Crippen molar-refractivity contribution in [2.75, 3.05) is 0 Å². The van der Waals surface area contributed by atoms with E-state index < -0.39 is 107 Å². The van der Waals surface area contributed by atoms with E-state index in [0.717, 1.165) is 37.7 Å². The molecule has 326 valence electrons. The first-order valence-electron chi connectivity index (χ1n) is 20.7. The normalized spacial score (nSPS) is 52.6. The molecule has 8 N–H and O–H groups in total. The van der Waals surface area contributed by atoms with E-state index in [1.165, 1.54) is 0 Å². The van der Waals surface area contributed by atoms with E-state index in [9.17, 15) is 60.0 Å². The van der Waals surface area contributed by atoms with Crippen molar-refractivity contribution in [2.24, 2.45) is 50.2 Å². The van der Waals surface area contributed by atoms with Gasteiger partial charge in [-0.25, -0.2) is 9.59 Å².